The van der Waals surface area contributed by atoms with Gasteiger partial charge in [-0.15, -0.1) is 0 Å². The number of nitrogens with one attached hydrogen (secondary N) is 1. The fraction of sp³-hybridized carbons (Fsp3) is 0.588. The van der Waals surface area contributed by atoms with E-state index in [4.69, 9.17) is 9.84 Å². The lowest BCUT2D eigenvalue weighted by molar-refractivity contribution is -0.127. The third-order valence-electron chi connectivity index (χ3n) is 4.17. The number of ether oxygens (including phenoxy) is 1. The number of hydrogen-bond donors (Lipinski definition) is 2. The van der Waals surface area contributed by atoms with Gasteiger partial charge in [0.1, 0.15) is 5.75 Å². The van der Waals surface area contributed by atoms with Gasteiger partial charge in [0.2, 0.25) is 0 Å². The summed E-state index contributed by atoms with van der Waals surface area (Å²) in [6.45, 7) is 8.85. The molecule has 1 unspecified atom stereocenters. The summed E-state index contributed by atoms with van der Waals surface area (Å²) in [4.78, 5) is 12.2. The third kappa shape index (κ3) is 3.76. The molecule has 0 aromatic heterocycles. The molecule has 116 valence electrons. The number of amides is 1. The highest BCUT2D eigenvalue weighted by molar-refractivity contribution is 5.82. The van der Waals surface area contributed by atoms with Crippen molar-refractivity contribution in [3.63, 3.8) is 0 Å². The van der Waals surface area contributed by atoms with Crippen LogP contribution in [0, 0.1) is 19.3 Å². The highest BCUT2D eigenvalue weighted by atomic mass is 16.5. The van der Waals surface area contributed by atoms with Gasteiger partial charge in [0.15, 0.2) is 6.10 Å². The molecule has 0 saturated heterocycles. The maximum Gasteiger partial charge on any atom is 0.261 e. The van der Waals surface area contributed by atoms with E-state index in [1.165, 1.54) is 11.1 Å². The molecular formula is C17H25NO3. The largest absolute Gasteiger partial charge is 0.480 e. The van der Waals surface area contributed by atoms with E-state index >= 15 is 0 Å². The van der Waals surface area contributed by atoms with E-state index in [0.717, 1.165) is 11.3 Å². The van der Waals surface area contributed by atoms with Crippen molar-refractivity contribution in [3.8, 4) is 5.75 Å². The number of aliphatic hydroxyl groups excluding tert-OH is 1. The zero-order chi connectivity index (χ0) is 15.6. The Labute approximate surface area is 126 Å². The number of aryl methyl sites for hydroxylation is 2. The topological polar surface area (TPSA) is 58.6 Å². The average molecular weight is 291 g/mol. The Morgan fingerprint density at radius 3 is 2.71 bits per heavy atom. The molecule has 1 aromatic rings. The minimum absolute atomic E-state index is 0.0764. The van der Waals surface area contributed by atoms with Crippen molar-refractivity contribution in [1.29, 1.82) is 0 Å². The second kappa shape index (κ2) is 6.06. The molecule has 1 atom stereocenters. The Kier molecular flexibility index (Phi) is 4.57. The van der Waals surface area contributed by atoms with Gasteiger partial charge in [-0.3, -0.25) is 4.79 Å². The van der Waals surface area contributed by atoms with Crippen LogP contribution < -0.4 is 10.1 Å². The summed E-state index contributed by atoms with van der Waals surface area (Å²) >= 11 is 0. The summed E-state index contributed by atoms with van der Waals surface area (Å²) in [6.07, 6.45) is 0.853. The van der Waals surface area contributed by atoms with E-state index < -0.39 is 6.10 Å². The zero-order valence-corrected chi connectivity index (χ0v) is 13.3. The average Bonchev–Trinajstić information content (AvgIpc) is 2.79. The van der Waals surface area contributed by atoms with Crippen LogP contribution in [0.25, 0.3) is 0 Å². The molecule has 2 N–H and O–H groups in total. The van der Waals surface area contributed by atoms with Gasteiger partial charge in [-0.25, -0.2) is 0 Å². The normalized spacial score (nSPS) is 17.3. The Balaban J connectivity index is 1.95. The van der Waals surface area contributed by atoms with Crippen molar-refractivity contribution < 1.29 is 14.6 Å². The van der Waals surface area contributed by atoms with Gasteiger partial charge in [-0.1, -0.05) is 19.9 Å². The fourth-order valence-corrected chi connectivity index (χ4v) is 2.49. The predicted octanol–water partition coefficient (Wildman–Crippen LogP) is 2.13. The van der Waals surface area contributed by atoms with Gasteiger partial charge in [0.05, 0.1) is 0 Å². The Morgan fingerprint density at radius 1 is 1.38 bits per heavy atom. The van der Waals surface area contributed by atoms with Gasteiger partial charge < -0.3 is 15.2 Å². The molecule has 0 bridgehead atoms. The van der Waals surface area contributed by atoms with Crippen molar-refractivity contribution in [2.24, 2.45) is 5.41 Å². The number of rotatable bonds is 5. The van der Waals surface area contributed by atoms with Crippen molar-refractivity contribution >= 4 is 5.91 Å². The predicted molar refractivity (Wildman–Crippen MR) is 82.5 cm³/mol. The lowest BCUT2D eigenvalue weighted by Gasteiger charge is -2.24. The highest BCUT2D eigenvalue weighted by Crippen LogP contribution is 2.31. The highest BCUT2D eigenvalue weighted by Gasteiger charge is 2.30. The fourth-order valence-electron chi connectivity index (χ4n) is 2.49. The lowest BCUT2D eigenvalue weighted by Crippen LogP contribution is -2.42. The van der Waals surface area contributed by atoms with Crippen LogP contribution in [-0.4, -0.2) is 30.3 Å². The monoisotopic (exact) mass is 291 g/mol. The van der Waals surface area contributed by atoms with Crippen LogP contribution in [0.3, 0.4) is 0 Å². The van der Waals surface area contributed by atoms with E-state index in [2.05, 4.69) is 18.3 Å². The summed E-state index contributed by atoms with van der Waals surface area (Å²) in [5.74, 6) is 0.750. The molecule has 0 saturated carbocycles. The SMILES string of the molecule is Cc1cc2c(cc1C)OC(C(=O)NCC(C)(C)CCO)C2. The summed E-state index contributed by atoms with van der Waals surface area (Å²) in [5.41, 5.74) is 3.40. The molecule has 0 spiro atoms. The van der Waals surface area contributed by atoms with E-state index in [1.807, 2.05) is 26.8 Å². The van der Waals surface area contributed by atoms with Gasteiger partial charge in [-0.05, 0) is 48.4 Å². The molecule has 0 aliphatic carbocycles. The molecule has 0 fully saturated rings. The van der Waals surface area contributed by atoms with Gasteiger partial charge >= 0.3 is 0 Å². The third-order valence-corrected chi connectivity index (χ3v) is 4.17. The minimum atomic E-state index is -0.439. The first-order valence-corrected chi connectivity index (χ1v) is 7.48. The van der Waals surface area contributed by atoms with Gasteiger partial charge in [-0.2, -0.15) is 0 Å². The van der Waals surface area contributed by atoms with Crippen LogP contribution in [0.2, 0.25) is 0 Å². The molecule has 2 rings (SSSR count). The van der Waals surface area contributed by atoms with Crippen LogP contribution in [0.1, 0.15) is 37.0 Å². The maximum absolute atomic E-state index is 12.2. The number of hydrogen-bond acceptors (Lipinski definition) is 3. The van der Waals surface area contributed by atoms with E-state index in [1.54, 1.807) is 0 Å². The number of aliphatic hydroxyl groups is 1. The van der Waals surface area contributed by atoms with Crippen LogP contribution >= 0.6 is 0 Å². The summed E-state index contributed by atoms with van der Waals surface area (Å²) < 4.78 is 5.77. The molecule has 1 aliphatic heterocycles. The molecule has 0 radical (unpaired) electrons. The quantitative estimate of drug-likeness (QED) is 0.874. The number of fused-ring (bicyclic) bond motifs is 1. The minimum Gasteiger partial charge on any atom is -0.480 e. The zero-order valence-electron chi connectivity index (χ0n) is 13.3. The second-order valence-corrected chi connectivity index (χ2v) is 6.71. The smallest absolute Gasteiger partial charge is 0.261 e. The molecule has 4 heteroatoms. The summed E-state index contributed by atoms with van der Waals surface area (Å²) in [5, 5.41) is 12.0. The van der Waals surface area contributed by atoms with Crippen molar-refractivity contribution in [3.05, 3.63) is 28.8 Å². The first-order valence-electron chi connectivity index (χ1n) is 7.48. The van der Waals surface area contributed by atoms with Crippen molar-refractivity contribution in [2.75, 3.05) is 13.2 Å². The number of carbonyl (C=O) groups excluding carboxylic acids is 1. The lowest BCUT2D eigenvalue weighted by atomic mass is 9.89. The van der Waals surface area contributed by atoms with Gasteiger partial charge in [0.25, 0.3) is 5.91 Å². The van der Waals surface area contributed by atoms with Crippen molar-refractivity contribution in [1.82, 2.24) is 5.32 Å². The van der Waals surface area contributed by atoms with E-state index in [9.17, 15) is 4.79 Å². The Bertz CT molecular complexity index is 506. The molecule has 1 aromatic carbocycles. The molecule has 1 aliphatic rings. The second-order valence-electron chi connectivity index (χ2n) is 6.71. The first kappa shape index (κ1) is 15.8. The summed E-state index contributed by atoms with van der Waals surface area (Å²) in [6, 6.07) is 4.11. The van der Waals surface area contributed by atoms with Gasteiger partial charge in [0, 0.05) is 19.6 Å². The van der Waals surface area contributed by atoms with E-state index in [0.29, 0.717) is 19.4 Å². The number of carbonyl (C=O) groups is 1. The molecular weight excluding hydrogens is 266 g/mol. The van der Waals surface area contributed by atoms with Crippen LogP contribution in [0.5, 0.6) is 5.75 Å². The number of benzene rings is 1. The van der Waals surface area contributed by atoms with Crippen LogP contribution in [0.15, 0.2) is 12.1 Å². The van der Waals surface area contributed by atoms with Crippen LogP contribution in [-0.2, 0) is 11.2 Å². The molecule has 4 nitrogen and oxygen atoms in total. The van der Waals surface area contributed by atoms with Crippen LogP contribution in [0.4, 0.5) is 0 Å². The first-order chi connectivity index (χ1) is 9.82. The standard InChI is InChI=1S/C17H25NO3/c1-11-7-13-9-15(21-14(13)8-12(11)2)16(20)18-10-17(3,4)5-6-19/h7-8,15,19H,5-6,9-10H2,1-4H3,(H,18,20). The molecule has 1 amide bonds. The molecule has 21 heavy (non-hydrogen) atoms. The Morgan fingerprint density at radius 2 is 2.05 bits per heavy atom. The maximum atomic E-state index is 12.2. The summed E-state index contributed by atoms with van der Waals surface area (Å²) in [7, 11) is 0. The molecule has 1 heterocycles. The van der Waals surface area contributed by atoms with E-state index in [-0.39, 0.29) is 17.9 Å². The Hall–Kier alpha value is -1.55. The van der Waals surface area contributed by atoms with Crippen molar-refractivity contribution in [2.45, 2.75) is 46.6 Å².